The number of nitrogens with one attached hydrogen (secondary N) is 2. The van der Waals surface area contributed by atoms with Crippen molar-refractivity contribution in [3.05, 3.63) is 84.2 Å². The van der Waals surface area contributed by atoms with Crippen LogP contribution in [0, 0.1) is 0 Å². The van der Waals surface area contributed by atoms with Gasteiger partial charge in [-0.15, -0.1) is 0 Å². The number of fused-ring (bicyclic) bond motifs is 1. The van der Waals surface area contributed by atoms with Gasteiger partial charge >= 0.3 is 0 Å². The fourth-order valence-electron chi connectivity index (χ4n) is 2.97. The van der Waals surface area contributed by atoms with Crippen LogP contribution < -0.4 is 5.32 Å². The molecule has 4 aromatic rings. The maximum atomic E-state index is 12.3. The number of amides is 1. The Morgan fingerprint density at radius 3 is 2.65 bits per heavy atom. The van der Waals surface area contributed by atoms with Gasteiger partial charge in [0, 0.05) is 12.1 Å². The summed E-state index contributed by atoms with van der Waals surface area (Å²) in [6.45, 7) is 0.481. The van der Waals surface area contributed by atoms with Crippen molar-refractivity contribution in [3.63, 3.8) is 0 Å². The van der Waals surface area contributed by atoms with Gasteiger partial charge in [0.15, 0.2) is 5.82 Å². The van der Waals surface area contributed by atoms with Crippen LogP contribution in [-0.4, -0.2) is 21.1 Å². The minimum absolute atomic E-state index is 0.00495. The number of nitrogens with zero attached hydrogens (tertiary/aromatic N) is 2. The van der Waals surface area contributed by atoms with Crippen molar-refractivity contribution < 1.29 is 4.79 Å². The Hall–Kier alpha value is -3.47. The Morgan fingerprint density at radius 2 is 1.81 bits per heavy atom. The number of aromatic amines is 1. The predicted octanol–water partition coefficient (Wildman–Crippen LogP) is 3.48. The Bertz CT molecular complexity index is 1040. The molecule has 0 saturated heterocycles. The minimum atomic E-state index is 0.00495. The largest absolute Gasteiger partial charge is 0.352 e. The number of carbonyl (C=O) groups is 1. The monoisotopic (exact) mass is 342 g/mol. The molecule has 128 valence electrons. The molecule has 0 spiro atoms. The summed E-state index contributed by atoms with van der Waals surface area (Å²) in [5.74, 6) is 0.722. The second kappa shape index (κ2) is 7.19. The van der Waals surface area contributed by atoms with Crippen LogP contribution in [0.15, 0.2) is 73.1 Å². The van der Waals surface area contributed by atoms with E-state index >= 15 is 0 Å². The lowest BCUT2D eigenvalue weighted by atomic mass is 10.0. The first-order valence-electron chi connectivity index (χ1n) is 8.47. The van der Waals surface area contributed by atoms with Gasteiger partial charge < -0.3 is 5.32 Å². The number of benzene rings is 3. The first kappa shape index (κ1) is 16.0. The molecule has 0 aliphatic carbocycles. The van der Waals surface area contributed by atoms with Crippen LogP contribution in [0.25, 0.3) is 22.2 Å². The lowest BCUT2D eigenvalue weighted by molar-refractivity contribution is -0.120. The third kappa shape index (κ3) is 3.62. The predicted molar refractivity (Wildman–Crippen MR) is 101 cm³/mol. The average Bonchev–Trinajstić information content (AvgIpc) is 3.21. The quantitative estimate of drug-likeness (QED) is 0.583. The lowest BCUT2D eigenvalue weighted by Gasteiger charge is -2.07. The smallest absolute Gasteiger partial charge is 0.224 e. The number of H-pyrrole nitrogens is 1. The highest BCUT2D eigenvalue weighted by atomic mass is 16.1. The van der Waals surface area contributed by atoms with Crippen molar-refractivity contribution in [3.8, 4) is 11.4 Å². The van der Waals surface area contributed by atoms with E-state index < -0.39 is 0 Å². The van der Waals surface area contributed by atoms with Crippen LogP contribution in [0.2, 0.25) is 0 Å². The van der Waals surface area contributed by atoms with Crippen molar-refractivity contribution in [2.24, 2.45) is 0 Å². The first-order valence-corrected chi connectivity index (χ1v) is 8.47. The van der Waals surface area contributed by atoms with E-state index in [2.05, 4.69) is 44.8 Å². The third-order valence-corrected chi connectivity index (χ3v) is 4.28. The zero-order chi connectivity index (χ0) is 17.8. The summed E-state index contributed by atoms with van der Waals surface area (Å²) in [5.41, 5.74) is 2.98. The molecule has 0 fully saturated rings. The highest BCUT2D eigenvalue weighted by Gasteiger charge is 2.06. The van der Waals surface area contributed by atoms with Crippen LogP contribution in [-0.2, 0) is 17.8 Å². The van der Waals surface area contributed by atoms with Gasteiger partial charge in [0.1, 0.15) is 6.33 Å². The number of aromatic nitrogens is 3. The molecule has 0 atom stereocenters. The van der Waals surface area contributed by atoms with E-state index in [1.54, 1.807) is 0 Å². The molecule has 0 unspecified atom stereocenters. The Morgan fingerprint density at radius 1 is 0.923 bits per heavy atom. The zero-order valence-electron chi connectivity index (χ0n) is 14.1. The van der Waals surface area contributed by atoms with E-state index in [9.17, 15) is 4.79 Å². The normalized spacial score (nSPS) is 10.8. The van der Waals surface area contributed by atoms with E-state index in [0.717, 1.165) is 22.1 Å². The van der Waals surface area contributed by atoms with Crippen LogP contribution in [0.3, 0.4) is 0 Å². The van der Waals surface area contributed by atoms with E-state index in [0.29, 0.717) is 18.8 Å². The van der Waals surface area contributed by atoms with Gasteiger partial charge in [-0.05, 0) is 28.0 Å². The molecule has 0 aliphatic heterocycles. The second-order valence-corrected chi connectivity index (χ2v) is 6.17. The lowest BCUT2D eigenvalue weighted by Crippen LogP contribution is -2.24. The number of rotatable bonds is 5. The maximum Gasteiger partial charge on any atom is 0.224 e. The standard InChI is InChI=1S/C21H18N4O/c26-20(12-15-8-9-17-5-1-2-6-18(17)10-15)22-13-16-4-3-7-19(11-16)21-23-14-24-25-21/h1-11,14H,12-13H2,(H,22,26)(H,23,24,25). The van der Waals surface area contributed by atoms with Gasteiger partial charge in [-0.1, -0.05) is 60.7 Å². The molecule has 0 bridgehead atoms. The molecule has 1 heterocycles. The van der Waals surface area contributed by atoms with Crippen LogP contribution in [0.4, 0.5) is 0 Å². The first-order chi connectivity index (χ1) is 12.8. The van der Waals surface area contributed by atoms with E-state index in [1.807, 2.05) is 42.5 Å². The number of hydrogen-bond acceptors (Lipinski definition) is 3. The van der Waals surface area contributed by atoms with Crippen molar-refractivity contribution in [2.45, 2.75) is 13.0 Å². The summed E-state index contributed by atoms with van der Waals surface area (Å²) in [5, 5.41) is 12.0. The van der Waals surface area contributed by atoms with Crippen LogP contribution in [0.1, 0.15) is 11.1 Å². The van der Waals surface area contributed by atoms with Gasteiger partial charge in [-0.3, -0.25) is 9.89 Å². The molecule has 26 heavy (non-hydrogen) atoms. The number of hydrogen-bond donors (Lipinski definition) is 2. The average molecular weight is 342 g/mol. The van der Waals surface area contributed by atoms with Gasteiger partial charge in [0.05, 0.1) is 6.42 Å². The molecule has 2 N–H and O–H groups in total. The highest BCUT2D eigenvalue weighted by Crippen LogP contribution is 2.17. The third-order valence-electron chi connectivity index (χ3n) is 4.28. The summed E-state index contributed by atoms with van der Waals surface area (Å²) in [7, 11) is 0. The molecule has 5 heteroatoms. The summed E-state index contributed by atoms with van der Waals surface area (Å²) < 4.78 is 0. The molecular formula is C21H18N4O. The molecule has 0 aliphatic rings. The summed E-state index contributed by atoms with van der Waals surface area (Å²) in [6, 6.07) is 22.2. The summed E-state index contributed by atoms with van der Waals surface area (Å²) >= 11 is 0. The molecular weight excluding hydrogens is 324 g/mol. The van der Waals surface area contributed by atoms with Crippen molar-refractivity contribution >= 4 is 16.7 Å². The van der Waals surface area contributed by atoms with E-state index in [1.165, 1.54) is 11.7 Å². The van der Waals surface area contributed by atoms with Crippen molar-refractivity contribution in [1.29, 1.82) is 0 Å². The fourth-order valence-corrected chi connectivity index (χ4v) is 2.97. The second-order valence-electron chi connectivity index (χ2n) is 6.17. The van der Waals surface area contributed by atoms with Gasteiger partial charge in [-0.2, -0.15) is 5.10 Å². The molecule has 0 saturated carbocycles. The van der Waals surface area contributed by atoms with Crippen LogP contribution in [0.5, 0.6) is 0 Å². The van der Waals surface area contributed by atoms with Crippen molar-refractivity contribution in [1.82, 2.24) is 20.5 Å². The summed E-state index contributed by atoms with van der Waals surface area (Å²) in [4.78, 5) is 16.4. The summed E-state index contributed by atoms with van der Waals surface area (Å²) in [6.07, 6.45) is 1.85. The van der Waals surface area contributed by atoms with Gasteiger partial charge in [0.25, 0.3) is 0 Å². The highest BCUT2D eigenvalue weighted by molar-refractivity contribution is 5.85. The molecule has 1 aromatic heterocycles. The maximum absolute atomic E-state index is 12.3. The van der Waals surface area contributed by atoms with E-state index in [-0.39, 0.29) is 5.91 Å². The van der Waals surface area contributed by atoms with Gasteiger partial charge in [-0.25, -0.2) is 4.98 Å². The zero-order valence-corrected chi connectivity index (χ0v) is 14.1. The Labute approximate surface area is 151 Å². The fraction of sp³-hybridized carbons (Fsp3) is 0.0952. The topological polar surface area (TPSA) is 70.7 Å². The van der Waals surface area contributed by atoms with Crippen LogP contribution >= 0.6 is 0 Å². The minimum Gasteiger partial charge on any atom is -0.352 e. The SMILES string of the molecule is O=C(Cc1ccc2ccccc2c1)NCc1cccc(-c2ncn[nH]2)c1. The molecule has 3 aromatic carbocycles. The Balaban J connectivity index is 1.40. The van der Waals surface area contributed by atoms with E-state index in [4.69, 9.17) is 0 Å². The van der Waals surface area contributed by atoms with Gasteiger partial charge in [0.2, 0.25) is 5.91 Å². The molecule has 5 nitrogen and oxygen atoms in total. The molecule has 1 amide bonds. The molecule has 0 radical (unpaired) electrons. The van der Waals surface area contributed by atoms with Crippen molar-refractivity contribution in [2.75, 3.05) is 0 Å². The number of carbonyl (C=O) groups excluding carboxylic acids is 1. The molecule has 4 rings (SSSR count). The Kier molecular flexibility index (Phi) is 4.43.